The third kappa shape index (κ3) is 7.31. The van der Waals surface area contributed by atoms with E-state index in [9.17, 15) is 19.8 Å². The van der Waals surface area contributed by atoms with Gasteiger partial charge in [-0.15, -0.1) is 0 Å². The Bertz CT molecular complexity index is 1860. The number of rotatable bonds is 8. The minimum absolute atomic E-state index is 0.241. The normalized spacial score (nSPS) is 11.9. The lowest BCUT2D eigenvalue weighted by Crippen LogP contribution is -2.68. The van der Waals surface area contributed by atoms with E-state index in [4.69, 9.17) is 0 Å². The predicted molar refractivity (Wildman–Crippen MR) is 190 cm³/mol. The quantitative estimate of drug-likeness (QED) is 0.149. The fourth-order valence-electron chi connectivity index (χ4n) is 6.17. The first-order chi connectivity index (χ1) is 22.3. The summed E-state index contributed by atoms with van der Waals surface area (Å²) in [5.74, 6) is 0. The molecule has 0 aliphatic heterocycles. The van der Waals surface area contributed by atoms with Crippen LogP contribution in [0.2, 0.25) is 0 Å². The fourth-order valence-corrected chi connectivity index (χ4v) is 6.17. The van der Waals surface area contributed by atoms with Crippen molar-refractivity contribution in [3.05, 3.63) is 121 Å². The molecule has 0 aliphatic carbocycles. The Labute approximate surface area is 277 Å². The first kappa shape index (κ1) is 33.2. The van der Waals surface area contributed by atoms with Crippen LogP contribution < -0.4 is 5.32 Å². The molecule has 0 saturated heterocycles. The Kier molecular flexibility index (Phi) is 9.40. The molecule has 0 saturated carbocycles. The Morgan fingerprint density at radius 3 is 1.77 bits per heavy atom. The van der Waals surface area contributed by atoms with E-state index < -0.39 is 29.6 Å². The van der Waals surface area contributed by atoms with Gasteiger partial charge >= 0.3 is 12.2 Å². The van der Waals surface area contributed by atoms with Crippen LogP contribution in [0.3, 0.4) is 0 Å². The number of nitrogens with zero attached hydrogens (tertiary/aromatic N) is 2. The molecule has 0 heterocycles. The number of nitrogens with one attached hydrogen (secondary N) is 1. The first-order valence-electron chi connectivity index (χ1n) is 15.8. The Morgan fingerprint density at radius 2 is 1.13 bits per heavy atom. The number of hydrogen-bond donors (Lipinski definition) is 3. The van der Waals surface area contributed by atoms with Gasteiger partial charge in [0.2, 0.25) is 0 Å². The molecule has 3 N–H and O–H groups in total. The van der Waals surface area contributed by atoms with Crippen molar-refractivity contribution in [2.45, 2.75) is 65.5 Å². The van der Waals surface area contributed by atoms with E-state index in [0.717, 1.165) is 44.2 Å². The minimum atomic E-state index is -1.21. The van der Waals surface area contributed by atoms with Crippen molar-refractivity contribution in [1.29, 1.82) is 0 Å². The van der Waals surface area contributed by atoms with Crippen molar-refractivity contribution in [2.24, 2.45) is 0 Å². The van der Waals surface area contributed by atoms with Gasteiger partial charge in [0.25, 0.3) is 0 Å². The lowest BCUT2D eigenvalue weighted by Gasteiger charge is -2.48. The molecule has 7 nitrogen and oxygen atoms in total. The van der Waals surface area contributed by atoms with Gasteiger partial charge in [0.15, 0.2) is 6.29 Å². The molecule has 0 aliphatic rings. The molecule has 0 spiro atoms. The van der Waals surface area contributed by atoms with Gasteiger partial charge in [-0.2, -0.15) is 0 Å². The van der Waals surface area contributed by atoms with E-state index in [1.54, 1.807) is 41.5 Å². The number of carbonyl (C=O) groups is 2. The number of fused-ring (bicyclic) bond motifs is 1. The van der Waals surface area contributed by atoms with Crippen molar-refractivity contribution in [2.75, 3.05) is 0 Å². The van der Waals surface area contributed by atoms with Crippen LogP contribution in [0.5, 0.6) is 0 Å². The summed E-state index contributed by atoms with van der Waals surface area (Å²) in [4.78, 5) is 27.4. The molecule has 5 aromatic carbocycles. The molecule has 0 radical (unpaired) electrons. The zero-order valence-corrected chi connectivity index (χ0v) is 27.9. The summed E-state index contributed by atoms with van der Waals surface area (Å²) in [6.45, 7) is 10.8. The molecule has 0 aromatic heterocycles. The van der Waals surface area contributed by atoms with Gasteiger partial charge in [0.1, 0.15) is 0 Å². The van der Waals surface area contributed by atoms with Crippen LogP contribution in [0.15, 0.2) is 115 Å². The molecule has 2 amide bonds. The monoisotopic (exact) mass is 629 g/mol. The summed E-state index contributed by atoms with van der Waals surface area (Å²) in [5, 5.41) is 26.0. The fraction of sp³-hybridized carbons (Fsp3) is 0.250. The maximum absolute atomic E-state index is 12.6. The number of hydrogen-bond acceptors (Lipinski definition) is 3. The first-order valence-corrected chi connectivity index (χ1v) is 15.8. The maximum atomic E-state index is 12.6. The average Bonchev–Trinajstić information content (AvgIpc) is 3.02. The Balaban J connectivity index is 1.50. The SMILES string of the molecule is CC(C)(C)N(C(=O)O)C(NCc1ccccc1-c1ccc2c(-c3cccc(-c4ccccc4)c3)cccc2c1)N(C(=O)O)C(C)(C)C. The van der Waals surface area contributed by atoms with Gasteiger partial charge in [-0.25, -0.2) is 9.59 Å². The Hall–Kier alpha value is -5.14. The van der Waals surface area contributed by atoms with E-state index in [1.165, 1.54) is 15.4 Å². The predicted octanol–water partition coefficient (Wildman–Crippen LogP) is 9.77. The minimum Gasteiger partial charge on any atom is -0.465 e. The van der Waals surface area contributed by atoms with Crippen LogP contribution >= 0.6 is 0 Å². The standard InChI is InChI=1S/C40H43N3O4/c1-39(2,3)42(37(44)45)36(43(38(46)47)40(4,5)6)41-26-32-16-10-11-20-33(32)31-22-23-35-30(25-31)19-13-21-34(35)29-18-12-17-28(24-29)27-14-8-7-9-15-27/h7-25,36,41H,26H2,1-6H3,(H,44,45)(H,46,47). The van der Waals surface area contributed by atoms with Crippen LogP contribution in [0.4, 0.5) is 9.59 Å². The zero-order valence-electron chi connectivity index (χ0n) is 27.9. The number of carboxylic acid groups (broad SMARTS) is 2. The highest BCUT2D eigenvalue weighted by Gasteiger charge is 2.43. The van der Waals surface area contributed by atoms with Gasteiger partial charge in [0.05, 0.1) is 0 Å². The average molecular weight is 630 g/mol. The molecular formula is C40H43N3O4. The molecule has 47 heavy (non-hydrogen) atoms. The van der Waals surface area contributed by atoms with Gasteiger partial charge < -0.3 is 10.2 Å². The maximum Gasteiger partial charge on any atom is 0.410 e. The lowest BCUT2D eigenvalue weighted by molar-refractivity contribution is -0.0460. The Morgan fingerprint density at radius 1 is 0.596 bits per heavy atom. The summed E-state index contributed by atoms with van der Waals surface area (Å²) in [6, 6.07) is 39.7. The summed E-state index contributed by atoms with van der Waals surface area (Å²) < 4.78 is 0. The van der Waals surface area contributed by atoms with E-state index in [-0.39, 0.29) is 6.54 Å². The van der Waals surface area contributed by atoms with Crippen molar-refractivity contribution in [3.8, 4) is 33.4 Å². The highest BCUT2D eigenvalue weighted by molar-refractivity contribution is 5.99. The van der Waals surface area contributed by atoms with E-state index >= 15 is 0 Å². The molecule has 0 bridgehead atoms. The molecule has 7 heteroatoms. The highest BCUT2D eigenvalue weighted by atomic mass is 16.4. The van der Waals surface area contributed by atoms with Crippen LogP contribution in [0.25, 0.3) is 44.2 Å². The van der Waals surface area contributed by atoms with Gasteiger partial charge in [-0.05, 0) is 103 Å². The number of amides is 2. The third-order valence-electron chi connectivity index (χ3n) is 8.31. The molecular weight excluding hydrogens is 586 g/mol. The van der Waals surface area contributed by atoms with Gasteiger partial charge in [-0.1, -0.05) is 103 Å². The largest absolute Gasteiger partial charge is 0.465 e. The van der Waals surface area contributed by atoms with Crippen LogP contribution in [-0.2, 0) is 6.54 Å². The second kappa shape index (κ2) is 13.3. The molecule has 0 atom stereocenters. The van der Waals surface area contributed by atoms with Crippen LogP contribution in [0, 0.1) is 0 Å². The summed E-state index contributed by atoms with van der Waals surface area (Å²) >= 11 is 0. The second-order valence-electron chi connectivity index (χ2n) is 13.7. The van der Waals surface area contributed by atoms with Crippen molar-refractivity contribution in [3.63, 3.8) is 0 Å². The van der Waals surface area contributed by atoms with E-state index in [2.05, 4.69) is 90.2 Å². The second-order valence-corrected chi connectivity index (χ2v) is 13.7. The lowest BCUT2D eigenvalue weighted by atomic mass is 9.92. The topological polar surface area (TPSA) is 93.1 Å². The summed E-state index contributed by atoms with van der Waals surface area (Å²) in [6.07, 6.45) is -3.55. The summed E-state index contributed by atoms with van der Waals surface area (Å²) in [7, 11) is 0. The van der Waals surface area contributed by atoms with Crippen LogP contribution in [0.1, 0.15) is 47.1 Å². The van der Waals surface area contributed by atoms with Crippen molar-refractivity contribution >= 4 is 23.0 Å². The molecule has 0 unspecified atom stereocenters. The van der Waals surface area contributed by atoms with Crippen molar-refractivity contribution in [1.82, 2.24) is 15.1 Å². The zero-order chi connectivity index (χ0) is 33.9. The smallest absolute Gasteiger partial charge is 0.410 e. The van der Waals surface area contributed by atoms with Crippen molar-refractivity contribution < 1.29 is 19.8 Å². The van der Waals surface area contributed by atoms with E-state index in [1.807, 2.05) is 30.3 Å². The number of benzene rings is 5. The molecule has 5 rings (SSSR count). The van der Waals surface area contributed by atoms with Gasteiger partial charge in [0, 0.05) is 17.6 Å². The van der Waals surface area contributed by atoms with E-state index in [0.29, 0.717) is 0 Å². The third-order valence-corrected chi connectivity index (χ3v) is 8.31. The molecule has 242 valence electrons. The molecule has 5 aromatic rings. The van der Waals surface area contributed by atoms with Crippen LogP contribution in [-0.4, -0.2) is 49.6 Å². The van der Waals surface area contributed by atoms with Gasteiger partial charge in [-0.3, -0.25) is 15.1 Å². The summed E-state index contributed by atoms with van der Waals surface area (Å²) in [5.41, 5.74) is 5.79. The molecule has 0 fully saturated rings. The highest BCUT2D eigenvalue weighted by Crippen LogP contribution is 2.35.